The van der Waals surface area contributed by atoms with Crippen molar-refractivity contribution in [1.29, 1.82) is 0 Å². The van der Waals surface area contributed by atoms with Crippen LogP contribution in [0, 0.1) is 0 Å². The second kappa shape index (κ2) is 11.4. The van der Waals surface area contributed by atoms with Crippen molar-refractivity contribution < 1.29 is 38.4 Å². The maximum atomic E-state index is 13.7. The van der Waals surface area contributed by atoms with Crippen molar-refractivity contribution in [3.63, 3.8) is 0 Å². The molecule has 3 aliphatic rings. The molecular formula is C33H35N7O8. The number of carbonyl (C=O) groups excluding carboxylic acids is 2. The Bertz CT molecular complexity index is 1970. The maximum absolute atomic E-state index is 13.7. The Balaban J connectivity index is 1.30. The molecule has 4 aromatic rings. The number of ether oxygens (including phenoxy) is 4. The van der Waals surface area contributed by atoms with Crippen LogP contribution < -0.4 is 24.6 Å². The normalized spacial score (nSPS) is 20.2. The molecule has 2 aliphatic heterocycles. The standard InChI is InChI=1S/C33H35N7O8/c1-32(2,3)48-31(44)40-24-14-18(22-16-33(22)21-15-19(45-4)7-9-23(21)39(29(33)41)30(42)43)6-8-20(24)26(37-40)36-27-28(46-5)34-17-25(35-27)38-10-12-47-13-11-38/h6-9,14-15,17,22H,10-13,16H2,1-5H3,(H,42,43)(H,35,36,37)/t22-,33-/m0/s1. The summed E-state index contributed by atoms with van der Waals surface area (Å²) in [5.41, 5.74) is 0.177. The monoisotopic (exact) mass is 657 g/mol. The molecule has 48 heavy (non-hydrogen) atoms. The number of hydrogen-bond donors (Lipinski definition) is 2. The Morgan fingerprint density at radius 3 is 2.52 bits per heavy atom. The van der Waals surface area contributed by atoms with Crippen molar-refractivity contribution >= 4 is 52.1 Å². The molecule has 2 fully saturated rings. The van der Waals surface area contributed by atoms with Gasteiger partial charge in [-0.15, -0.1) is 5.10 Å². The van der Waals surface area contributed by atoms with Gasteiger partial charge in [0.15, 0.2) is 11.6 Å². The zero-order valence-corrected chi connectivity index (χ0v) is 27.1. The summed E-state index contributed by atoms with van der Waals surface area (Å²) >= 11 is 0. The van der Waals surface area contributed by atoms with E-state index in [-0.39, 0.29) is 11.8 Å². The number of aromatic nitrogens is 4. The van der Waals surface area contributed by atoms with Gasteiger partial charge in [-0.05, 0) is 68.7 Å². The van der Waals surface area contributed by atoms with Crippen LogP contribution in [0.3, 0.4) is 0 Å². The van der Waals surface area contributed by atoms with Crippen molar-refractivity contribution in [1.82, 2.24) is 19.7 Å². The second-order valence-electron chi connectivity index (χ2n) is 12.9. The Kier molecular flexibility index (Phi) is 7.38. The average molecular weight is 658 g/mol. The van der Waals surface area contributed by atoms with Crippen LogP contribution in [0.2, 0.25) is 0 Å². The smallest absolute Gasteiger partial charge is 0.435 e. The van der Waals surface area contributed by atoms with Gasteiger partial charge in [0, 0.05) is 24.4 Å². The van der Waals surface area contributed by atoms with Gasteiger partial charge in [0.1, 0.15) is 17.2 Å². The number of methoxy groups -OCH3 is 2. The number of hydrogen-bond acceptors (Lipinski definition) is 12. The molecule has 2 amide bonds. The van der Waals surface area contributed by atoms with E-state index in [4.69, 9.17) is 23.9 Å². The third kappa shape index (κ3) is 5.10. The molecule has 2 N–H and O–H groups in total. The Labute approximate surface area is 275 Å². The average Bonchev–Trinajstić information content (AvgIpc) is 3.65. The van der Waals surface area contributed by atoms with E-state index in [1.165, 1.54) is 18.9 Å². The summed E-state index contributed by atoms with van der Waals surface area (Å²) in [7, 11) is 3.00. The van der Waals surface area contributed by atoms with Gasteiger partial charge in [-0.2, -0.15) is 4.68 Å². The van der Waals surface area contributed by atoms with E-state index in [1.807, 2.05) is 6.07 Å². The van der Waals surface area contributed by atoms with Crippen LogP contribution in [0.25, 0.3) is 10.9 Å². The fourth-order valence-corrected chi connectivity index (χ4v) is 6.55. The molecule has 0 radical (unpaired) electrons. The lowest BCUT2D eigenvalue weighted by atomic mass is 9.91. The number of benzene rings is 2. The van der Waals surface area contributed by atoms with Gasteiger partial charge in [0.25, 0.3) is 5.88 Å². The molecule has 2 aromatic heterocycles. The first-order valence-corrected chi connectivity index (χ1v) is 15.5. The highest BCUT2D eigenvalue weighted by Crippen LogP contribution is 2.67. The molecule has 0 bridgehead atoms. The number of nitrogens with zero attached hydrogens (tertiary/aromatic N) is 6. The first-order chi connectivity index (χ1) is 22.9. The summed E-state index contributed by atoms with van der Waals surface area (Å²) in [4.78, 5) is 51.5. The van der Waals surface area contributed by atoms with E-state index >= 15 is 0 Å². The van der Waals surface area contributed by atoms with Gasteiger partial charge < -0.3 is 34.3 Å². The molecule has 2 aromatic carbocycles. The summed E-state index contributed by atoms with van der Waals surface area (Å²) in [5, 5.41) is 18.3. The minimum atomic E-state index is -1.35. The molecule has 1 spiro atoms. The summed E-state index contributed by atoms with van der Waals surface area (Å²) < 4.78 is 23.2. The van der Waals surface area contributed by atoms with E-state index in [1.54, 1.807) is 57.3 Å². The van der Waals surface area contributed by atoms with Gasteiger partial charge in [-0.1, -0.05) is 6.07 Å². The number of carbonyl (C=O) groups is 3. The van der Waals surface area contributed by atoms with Gasteiger partial charge in [0.2, 0.25) is 5.91 Å². The maximum Gasteiger partial charge on any atom is 0.435 e. The van der Waals surface area contributed by atoms with Gasteiger partial charge in [-0.25, -0.2) is 24.5 Å². The van der Waals surface area contributed by atoms with Crippen LogP contribution in [0.15, 0.2) is 42.6 Å². The fraction of sp³-hybridized carbons (Fsp3) is 0.394. The molecule has 4 heterocycles. The molecule has 2 atom stereocenters. The zero-order chi connectivity index (χ0) is 34.0. The third-order valence-electron chi connectivity index (χ3n) is 8.83. The third-order valence-corrected chi connectivity index (χ3v) is 8.83. The largest absolute Gasteiger partial charge is 0.497 e. The van der Waals surface area contributed by atoms with Crippen LogP contribution in [0.5, 0.6) is 11.6 Å². The van der Waals surface area contributed by atoms with Gasteiger partial charge in [-0.3, -0.25) is 4.79 Å². The number of fused-ring (bicyclic) bond motifs is 3. The zero-order valence-electron chi connectivity index (χ0n) is 27.1. The van der Waals surface area contributed by atoms with Crippen LogP contribution in [0.4, 0.5) is 32.7 Å². The SMILES string of the molecule is COc1ccc2c(c1)[C@]1(C[C@H]1c1ccc3c(Nc4nc(N5CCOCC5)cnc4OC)nn(C(=O)OC(C)(C)C)c3c1)C(=O)N2C(=O)O. The number of rotatable bonds is 6. The summed E-state index contributed by atoms with van der Waals surface area (Å²) in [6, 6.07) is 10.4. The molecule has 1 saturated heterocycles. The number of nitrogens with one attached hydrogen (secondary N) is 1. The number of anilines is 4. The lowest BCUT2D eigenvalue weighted by Crippen LogP contribution is -2.36. The molecule has 15 nitrogen and oxygen atoms in total. The summed E-state index contributed by atoms with van der Waals surface area (Å²) in [6.07, 6.45) is -0.0333. The summed E-state index contributed by atoms with van der Waals surface area (Å²) in [5.74, 6) is 1.12. The van der Waals surface area contributed by atoms with E-state index in [0.29, 0.717) is 78.1 Å². The predicted molar refractivity (Wildman–Crippen MR) is 174 cm³/mol. The lowest BCUT2D eigenvalue weighted by Gasteiger charge is -2.27. The molecule has 1 saturated carbocycles. The van der Waals surface area contributed by atoms with Crippen LogP contribution in [-0.4, -0.2) is 89.1 Å². The first kappa shape index (κ1) is 31.2. The van der Waals surface area contributed by atoms with Crippen molar-refractivity contribution in [2.75, 3.05) is 55.6 Å². The molecule has 15 heteroatoms. The number of morpholine rings is 1. The first-order valence-electron chi connectivity index (χ1n) is 15.5. The number of imide groups is 1. The number of carboxylic acid groups (broad SMARTS) is 1. The van der Waals surface area contributed by atoms with E-state index in [0.717, 1.165) is 10.5 Å². The van der Waals surface area contributed by atoms with Gasteiger partial charge in [0.05, 0.1) is 50.2 Å². The number of amides is 2. The van der Waals surface area contributed by atoms with Crippen LogP contribution in [0.1, 0.15) is 44.2 Å². The van der Waals surface area contributed by atoms with E-state index in [9.17, 15) is 19.5 Å². The molecular weight excluding hydrogens is 622 g/mol. The fourth-order valence-electron chi connectivity index (χ4n) is 6.55. The predicted octanol–water partition coefficient (Wildman–Crippen LogP) is 4.66. The Morgan fingerprint density at radius 1 is 1.06 bits per heavy atom. The van der Waals surface area contributed by atoms with Crippen molar-refractivity contribution in [2.45, 2.75) is 44.1 Å². The second-order valence-corrected chi connectivity index (χ2v) is 12.9. The highest BCUT2D eigenvalue weighted by molar-refractivity contribution is 6.22. The Hall–Kier alpha value is -5.44. The van der Waals surface area contributed by atoms with E-state index in [2.05, 4.69) is 20.3 Å². The Morgan fingerprint density at radius 2 is 1.83 bits per heavy atom. The van der Waals surface area contributed by atoms with E-state index < -0.39 is 29.1 Å². The molecule has 0 unspecified atom stereocenters. The van der Waals surface area contributed by atoms with Gasteiger partial charge >= 0.3 is 12.2 Å². The van der Waals surface area contributed by atoms with Crippen LogP contribution in [-0.2, 0) is 19.7 Å². The topological polar surface area (TPSA) is 170 Å². The molecule has 7 rings (SSSR count). The highest BCUT2D eigenvalue weighted by atomic mass is 16.6. The lowest BCUT2D eigenvalue weighted by molar-refractivity contribution is -0.119. The quantitative estimate of drug-likeness (QED) is 0.294. The van der Waals surface area contributed by atoms with Crippen molar-refractivity contribution in [2.24, 2.45) is 0 Å². The minimum Gasteiger partial charge on any atom is -0.497 e. The molecule has 1 aliphatic carbocycles. The minimum absolute atomic E-state index is 0.236. The highest BCUT2D eigenvalue weighted by Gasteiger charge is 2.68. The summed E-state index contributed by atoms with van der Waals surface area (Å²) in [6.45, 7) is 7.75. The van der Waals surface area contributed by atoms with Crippen molar-refractivity contribution in [3.05, 3.63) is 53.7 Å². The van der Waals surface area contributed by atoms with Crippen LogP contribution >= 0.6 is 0 Å². The molecule has 250 valence electrons. The van der Waals surface area contributed by atoms with Crippen molar-refractivity contribution in [3.8, 4) is 11.6 Å².